The fourth-order valence-electron chi connectivity index (χ4n) is 2.71. The second-order valence-corrected chi connectivity index (χ2v) is 5.63. The first-order valence-electron chi connectivity index (χ1n) is 7.90. The number of aryl methyl sites for hydroxylation is 1. The molecule has 116 valence electrons. The molecule has 22 heavy (non-hydrogen) atoms. The Morgan fingerprint density at radius 2 is 2.09 bits per heavy atom. The maximum Gasteiger partial charge on any atom is 0.266 e. The molecule has 0 unspecified atom stereocenters. The Labute approximate surface area is 132 Å². The van der Waals surface area contributed by atoms with Crippen LogP contribution in [-0.4, -0.2) is 30.4 Å². The summed E-state index contributed by atoms with van der Waals surface area (Å²) in [6, 6.07) is 10.1. The zero-order valence-corrected chi connectivity index (χ0v) is 13.4. The molecule has 1 aromatic rings. The van der Waals surface area contributed by atoms with Gasteiger partial charge in [-0.25, -0.2) is 0 Å². The van der Waals surface area contributed by atoms with Crippen molar-refractivity contribution >= 4 is 11.6 Å². The van der Waals surface area contributed by atoms with E-state index < -0.39 is 0 Å². The number of carbonyl (C=O) groups is 1. The Kier molecular flexibility index (Phi) is 5.60. The molecular formula is C18H23N3O. The molecule has 1 saturated heterocycles. The third-order valence-electron chi connectivity index (χ3n) is 3.95. The molecule has 0 bridgehead atoms. The predicted octanol–water partition coefficient (Wildman–Crippen LogP) is 3.24. The summed E-state index contributed by atoms with van der Waals surface area (Å²) < 4.78 is 0. The average Bonchev–Trinajstić information content (AvgIpc) is 2.56. The SMILES string of the molecule is CCN(/C=C(/C#N)C(=O)N1CCCCC1)c1cccc(C)c1. The van der Waals surface area contributed by atoms with Crippen LogP contribution < -0.4 is 4.90 Å². The summed E-state index contributed by atoms with van der Waals surface area (Å²) in [6.45, 7) is 6.27. The van der Waals surface area contributed by atoms with E-state index in [1.807, 2.05) is 36.9 Å². The normalized spacial score (nSPS) is 15.3. The van der Waals surface area contributed by atoms with Gasteiger partial charge in [0.1, 0.15) is 11.6 Å². The molecule has 0 aromatic heterocycles. The number of nitrogens with zero attached hydrogens (tertiary/aromatic N) is 3. The van der Waals surface area contributed by atoms with E-state index in [0.717, 1.165) is 37.2 Å². The first-order valence-corrected chi connectivity index (χ1v) is 7.90. The first-order chi connectivity index (χ1) is 10.7. The summed E-state index contributed by atoms with van der Waals surface area (Å²) in [5, 5.41) is 9.38. The van der Waals surface area contributed by atoms with Crippen LogP contribution in [0.15, 0.2) is 36.0 Å². The molecule has 0 saturated carbocycles. The molecule has 1 amide bonds. The predicted molar refractivity (Wildman–Crippen MR) is 88.3 cm³/mol. The van der Waals surface area contributed by atoms with Gasteiger partial charge in [-0.3, -0.25) is 4.79 Å². The minimum absolute atomic E-state index is 0.145. The highest BCUT2D eigenvalue weighted by atomic mass is 16.2. The number of benzene rings is 1. The zero-order valence-electron chi connectivity index (χ0n) is 13.4. The monoisotopic (exact) mass is 297 g/mol. The van der Waals surface area contributed by atoms with Crippen molar-refractivity contribution in [2.24, 2.45) is 0 Å². The minimum atomic E-state index is -0.145. The van der Waals surface area contributed by atoms with Crippen molar-refractivity contribution in [2.75, 3.05) is 24.5 Å². The molecule has 1 aliphatic heterocycles. The second-order valence-electron chi connectivity index (χ2n) is 5.63. The van der Waals surface area contributed by atoms with Gasteiger partial charge in [-0.1, -0.05) is 12.1 Å². The second kappa shape index (κ2) is 7.65. The molecule has 1 heterocycles. The average molecular weight is 297 g/mol. The Balaban J connectivity index is 2.22. The van der Waals surface area contributed by atoms with E-state index in [4.69, 9.17) is 0 Å². The Bertz CT molecular complexity index is 595. The van der Waals surface area contributed by atoms with Crippen LogP contribution in [-0.2, 0) is 4.79 Å². The number of carbonyl (C=O) groups excluding carboxylic acids is 1. The highest BCUT2D eigenvalue weighted by Crippen LogP contribution is 2.18. The lowest BCUT2D eigenvalue weighted by Crippen LogP contribution is -2.37. The molecule has 1 fully saturated rings. The summed E-state index contributed by atoms with van der Waals surface area (Å²) >= 11 is 0. The highest BCUT2D eigenvalue weighted by molar-refractivity contribution is 5.97. The van der Waals surface area contributed by atoms with E-state index in [0.29, 0.717) is 6.54 Å². The van der Waals surface area contributed by atoms with E-state index in [1.54, 1.807) is 11.1 Å². The lowest BCUT2D eigenvalue weighted by molar-refractivity contribution is -0.127. The molecular weight excluding hydrogens is 274 g/mol. The fourth-order valence-corrected chi connectivity index (χ4v) is 2.71. The van der Waals surface area contributed by atoms with Gasteiger partial charge in [-0.2, -0.15) is 5.26 Å². The van der Waals surface area contributed by atoms with E-state index in [-0.39, 0.29) is 11.5 Å². The molecule has 2 rings (SSSR count). The molecule has 0 N–H and O–H groups in total. The molecule has 1 aliphatic rings. The van der Waals surface area contributed by atoms with Crippen LogP contribution in [0.25, 0.3) is 0 Å². The smallest absolute Gasteiger partial charge is 0.266 e. The molecule has 0 radical (unpaired) electrons. The summed E-state index contributed by atoms with van der Waals surface area (Å²) in [6.07, 6.45) is 4.91. The largest absolute Gasteiger partial charge is 0.347 e. The lowest BCUT2D eigenvalue weighted by Gasteiger charge is -2.27. The topological polar surface area (TPSA) is 47.3 Å². The molecule has 0 spiro atoms. The third kappa shape index (κ3) is 3.88. The minimum Gasteiger partial charge on any atom is -0.347 e. The molecule has 1 aromatic carbocycles. The molecule has 4 heteroatoms. The molecule has 0 atom stereocenters. The van der Waals surface area contributed by atoms with Gasteiger partial charge in [0.25, 0.3) is 5.91 Å². The maximum absolute atomic E-state index is 12.5. The quantitative estimate of drug-likeness (QED) is 0.633. The number of anilines is 1. The summed E-state index contributed by atoms with van der Waals surface area (Å²) in [4.78, 5) is 16.2. The number of hydrogen-bond acceptors (Lipinski definition) is 3. The van der Waals surface area contributed by atoms with Crippen molar-refractivity contribution in [1.82, 2.24) is 4.90 Å². The van der Waals surface area contributed by atoms with E-state index in [9.17, 15) is 10.1 Å². The summed E-state index contributed by atoms with van der Waals surface area (Å²) in [7, 11) is 0. The lowest BCUT2D eigenvalue weighted by atomic mass is 10.1. The fraction of sp³-hybridized carbons (Fsp3) is 0.444. The van der Waals surface area contributed by atoms with Gasteiger partial charge in [0.15, 0.2) is 0 Å². The molecule has 4 nitrogen and oxygen atoms in total. The summed E-state index contributed by atoms with van der Waals surface area (Å²) in [5.74, 6) is -0.145. The van der Waals surface area contributed by atoms with Crippen molar-refractivity contribution in [1.29, 1.82) is 5.26 Å². The first kappa shape index (κ1) is 16.1. The van der Waals surface area contributed by atoms with Crippen LogP contribution in [0.1, 0.15) is 31.7 Å². The number of likely N-dealkylation sites (tertiary alicyclic amines) is 1. The highest BCUT2D eigenvalue weighted by Gasteiger charge is 2.21. The van der Waals surface area contributed by atoms with E-state index in [2.05, 4.69) is 12.1 Å². The Hall–Kier alpha value is -2.28. The van der Waals surface area contributed by atoms with Crippen LogP contribution in [0.3, 0.4) is 0 Å². The van der Waals surface area contributed by atoms with Crippen molar-refractivity contribution in [3.8, 4) is 6.07 Å². The number of nitriles is 1. The van der Waals surface area contributed by atoms with Crippen molar-refractivity contribution in [3.63, 3.8) is 0 Å². The number of rotatable bonds is 4. The standard InChI is InChI=1S/C18H23N3O/c1-3-20(17-9-7-8-15(2)12-17)14-16(13-19)18(22)21-10-5-4-6-11-21/h7-9,12,14H,3-6,10-11H2,1-2H3/b16-14-. The number of piperidine rings is 1. The van der Waals surface area contributed by atoms with Gasteiger partial charge >= 0.3 is 0 Å². The molecule has 0 aliphatic carbocycles. The van der Waals surface area contributed by atoms with Gasteiger partial charge in [-0.05, 0) is 50.8 Å². The van der Waals surface area contributed by atoms with Gasteiger partial charge in [0, 0.05) is 31.5 Å². The van der Waals surface area contributed by atoms with Crippen molar-refractivity contribution < 1.29 is 4.79 Å². The Morgan fingerprint density at radius 3 is 2.68 bits per heavy atom. The third-order valence-corrected chi connectivity index (χ3v) is 3.95. The Morgan fingerprint density at radius 1 is 1.36 bits per heavy atom. The van der Waals surface area contributed by atoms with Gasteiger partial charge in [0.2, 0.25) is 0 Å². The van der Waals surface area contributed by atoms with Gasteiger partial charge < -0.3 is 9.80 Å². The van der Waals surface area contributed by atoms with Crippen LogP contribution in [0, 0.1) is 18.3 Å². The van der Waals surface area contributed by atoms with Crippen molar-refractivity contribution in [3.05, 3.63) is 41.6 Å². The van der Waals surface area contributed by atoms with Crippen LogP contribution in [0.2, 0.25) is 0 Å². The summed E-state index contributed by atoms with van der Waals surface area (Å²) in [5.41, 5.74) is 2.37. The van der Waals surface area contributed by atoms with E-state index in [1.165, 1.54) is 6.42 Å². The van der Waals surface area contributed by atoms with Crippen LogP contribution in [0.4, 0.5) is 5.69 Å². The van der Waals surface area contributed by atoms with Gasteiger partial charge in [-0.15, -0.1) is 0 Å². The van der Waals surface area contributed by atoms with E-state index >= 15 is 0 Å². The van der Waals surface area contributed by atoms with Crippen LogP contribution in [0.5, 0.6) is 0 Å². The number of hydrogen-bond donors (Lipinski definition) is 0. The zero-order chi connectivity index (χ0) is 15.9. The van der Waals surface area contributed by atoms with Crippen molar-refractivity contribution in [2.45, 2.75) is 33.1 Å². The van der Waals surface area contributed by atoms with Crippen LogP contribution >= 0.6 is 0 Å². The maximum atomic E-state index is 12.5. The number of amides is 1. The van der Waals surface area contributed by atoms with Gasteiger partial charge in [0.05, 0.1) is 0 Å².